The molecule has 0 heterocycles. The molecule has 1 aromatic rings. The minimum absolute atomic E-state index is 0.127. The predicted molar refractivity (Wildman–Crippen MR) is 77.5 cm³/mol. The summed E-state index contributed by atoms with van der Waals surface area (Å²) in [6, 6.07) is 5.49. The summed E-state index contributed by atoms with van der Waals surface area (Å²) in [6.45, 7) is 0. The SMILES string of the molecule is NNC(CCC1CCCC1)Cc1ccc(C(F)(F)F)cc1. The van der Waals surface area contributed by atoms with Crippen LogP contribution in [0, 0.1) is 5.92 Å². The third kappa shape index (κ3) is 5.00. The van der Waals surface area contributed by atoms with Crippen molar-refractivity contribution in [1.29, 1.82) is 0 Å². The van der Waals surface area contributed by atoms with Crippen LogP contribution in [0.5, 0.6) is 0 Å². The average molecular weight is 300 g/mol. The molecule has 3 N–H and O–H groups in total. The van der Waals surface area contributed by atoms with Crippen molar-refractivity contribution in [2.75, 3.05) is 0 Å². The molecule has 2 rings (SSSR count). The van der Waals surface area contributed by atoms with Crippen LogP contribution in [0.2, 0.25) is 0 Å². The summed E-state index contributed by atoms with van der Waals surface area (Å²) in [5.74, 6) is 6.37. The van der Waals surface area contributed by atoms with Crippen LogP contribution in [0.4, 0.5) is 13.2 Å². The Morgan fingerprint density at radius 3 is 2.29 bits per heavy atom. The van der Waals surface area contributed by atoms with Gasteiger partial charge in [0.25, 0.3) is 0 Å². The molecule has 1 aliphatic rings. The Labute approximate surface area is 123 Å². The second-order valence-electron chi connectivity index (χ2n) is 5.99. The van der Waals surface area contributed by atoms with Crippen LogP contribution >= 0.6 is 0 Å². The summed E-state index contributed by atoms with van der Waals surface area (Å²) in [5, 5.41) is 0. The molecule has 118 valence electrons. The molecule has 0 bridgehead atoms. The quantitative estimate of drug-likeness (QED) is 0.614. The van der Waals surface area contributed by atoms with E-state index in [1.54, 1.807) is 12.1 Å². The number of halogens is 3. The normalized spacial score (nSPS) is 18.1. The van der Waals surface area contributed by atoms with Gasteiger partial charge in [-0.3, -0.25) is 11.3 Å². The first-order valence-electron chi connectivity index (χ1n) is 7.61. The van der Waals surface area contributed by atoms with Crippen LogP contribution in [0.25, 0.3) is 0 Å². The van der Waals surface area contributed by atoms with Gasteiger partial charge in [0.1, 0.15) is 0 Å². The van der Waals surface area contributed by atoms with Crippen molar-refractivity contribution in [2.24, 2.45) is 11.8 Å². The van der Waals surface area contributed by atoms with Crippen LogP contribution < -0.4 is 11.3 Å². The summed E-state index contributed by atoms with van der Waals surface area (Å²) in [4.78, 5) is 0. The maximum absolute atomic E-state index is 12.5. The summed E-state index contributed by atoms with van der Waals surface area (Å²) in [6.07, 6.45) is 3.77. The molecule has 0 radical (unpaired) electrons. The van der Waals surface area contributed by atoms with E-state index in [1.807, 2.05) is 0 Å². The summed E-state index contributed by atoms with van der Waals surface area (Å²) in [7, 11) is 0. The number of hydrogen-bond acceptors (Lipinski definition) is 2. The number of nitrogens with two attached hydrogens (primary N) is 1. The number of nitrogens with one attached hydrogen (secondary N) is 1. The molecule has 1 unspecified atom stereocenters. The van der Waals surface area contributed by atoms with Crippen LogP contribution in [0.1, 0.15) is 49.7 Å². The van der Waals surface area contributed by atoms with E-state index in [4.69, 9.17) is 5.84 Å². The largest absolute Gasteiger partial charge is 0.416 e. The Balaban J connectivity index is 1.85. The van der Waals surface area contributed by atoms with E-state index < -0.39 is 11.7 Å². The van der Waals surface area contributed by atoms with E-state index >= 15 is 0 Å². The average Bonchev–Trinajstić information content (AvgIpc) is 2.96. The van der Waals surface area contributed by atoms with Gasteiger partial charge in [0.15, 0.2) is 0 Å². The lowest BCUT2D eigenvalue weighted by Crippen LogP contribution is -2.37. The van der Waals surface area contributed by atoms with Gasteiger partial charge in [0.2, 0.25) is 0 Å². The van der Waals surface area contributed by atoms with Crippen molar-refractivity contribution in [3.63, 3.8) is 0 Å². The Morgan fingerprint density at radius 1 is 1.14 bits per heavy atom. The van der Waals surface area contributed by atoms with Gasteiger partial charge in [0, 0.05) is 6.04 Å². The van der Waals surface area contributed by atoms with Gasteiger partial charge in [-0.15, -0.1) is 0 Å². The number of benzene rings is 1. The van der Waals surface area contributed by atoms with E-state index in [0.717, 1.165) is 36.5 Å². The highest BCUT2D eigenvalue weighted by molar-refractivity contribution is 5.25. The highest BCUT2D eigenvalue weighted by Crippen LogP contribution is 2.30. The maximum Gasteiger partial charge on any atom is 0.416 e. The molecule has 0 saturated heterocycles. The van der Waals surface area contributed by atoms with Crippen LogP contribution in [0.15, 0.2) is 24.3 Å². The summed E-state index contributed by atoms with van der Waals surface area (Å²) >= 11 is 0. The van der Waals surface area contributed by atoms with E-state index in [-0.39, 0.29) is 6.04 Å². The van der Waals surface area contributed by atoms with Crippen LogP contribution in [0.3, 0.4) is 0 Å². The molecular formula is C16H23F3N2. The van der Waals surface area contributed by atoms with Crippen LogP contribution in [-0.2, 0) is 12.6 Å². The van der Waals surface area contributed by atoms with Gasteiger partial charge in [0.05, 0.1) is 5.56 Å². The molecule has 0 aromatic heterocycles. The van der Waals surface area contributed by atoms with E-state index in [1.165, 1.54) is 25.7 Å². The fourth-order valence-electron chi connectivity index (χ4n) is 3.09. The first-order chi connectivity index (χ1) is 9.99. The first-order valence-corrected chi connectivity index (χ1v) is 7.61. The van der Waals surface area contributed by atoms with Crippen molar-refractivity contribution in [1.82, 2.24) is 5.43 Å². The lowest BCUT2D eigenvalue weighted by Gasteiger charge is -2.18. The van der Waals surface area contributed by atoms with Gasteiger partial charge < -0.3 is 0 Å². The second kappa shape index (κ2) is 7.27. The minimum Gasteiger partial charge on any atom is -0.271 e. The Kier molecular flexibility index (Phi) is 5.65. The molecule has 0 aliphatic heterocycles. The van der Waals surface area contributed by atoms with E-state index in [9.17, 15) is 13.2 Å². The van der Waals surface area contributed by atoms with Gasteiger partial charge in [-0.05, 0) is 42.9 Å². The molecular weight excluding hydrogens is 277 g/mol. The third-order valence-corrected chi connectivity index (χ3v) is 4.40. The van der Waals surface area contributed by atoms with E-state index in [2.05, 4.69) is 5.43 Å². The Hall–Kier alpha value is -1.07. The zero-order valence-corrected chi connectivity index (χ0v) is 12.1. The Bertz CT molecular complexity index is 422. The van der Waals surface area contributed by atoms with E-state index in [0.29, 0.717) is 6.42 Å². The lowest BCUT2D eigenvalue weighted by molar-refractivity contribution is -0.137. The number of rotatable bonds is 6. The van der Waals surface area contributed by atoms with Gasteiger partial charge >= 0.3 is 6.18 Å². The second-order valence-corrected chi connectivity index (χ2v) is 5.99. The van der Waals surface area contributed by atoms with Crippen molar-refractivity contribution in [2.45, 2.75) is 57.2 Å². The van der Waals surface area contributed by atoms with Gasteiger partial charge in [-0.25, -0.2) is 0 Å². The molecule has 1 aliphatic carbocycles. The van der Waals surface area contributed by atoms with Gasteiger partial charge in [-0.2, -0.15) is 13.2 Å². The summed E-state index contributed by atoms with van der Waals surface area (Å²) < 4.78 is 37.5. The fraction of sp³-hybridized carbons (Fsp3) is 0.625. The lowest BCUT2D eigenvalue weighted by atomic mass is 9.95. The number of hydrogen-bond donors (Lipinski definition) is 2. The molecule has 21 heavy (non-hydrogen) atoms. The topological polar surface area (TPSA) is 38.0 Å². The third-order valence-electron chi connectivity index (χ3n) is 4.40. The molecule has 1 saturated carbocycles. The number of hydrazine groups is 1. The molecule has 1 aromatic carbocycles. The molecule has 5 heteroatoms. The molecule has 1 fully saturated rings. The van der Waals surface area contributed by atoms with Crippen molar-refractivity contribution >= 4 is 0 Å². The minimum atomic E-state index is -4.27. The Morgan fingerprint density at radius 2 is 1.76 bits per heavy atom. The first kappa shape index (κ1) is 16.3. The molecule has 1 atom stereocenters. The van der Waals surface area contributed by atoms with Crippen molar-refractivity contribution < 1.29 is 13.2 Å². The number of alkyl halides is 3. The molecule has 2 nitrogen and oxygen atoms in total. The zero-order chi connectivity index (χ0) is 15.3. The predicted octanol–water partition coefficient (Wildman–Crippen LogP) is 4.05. The fourth-order valence-corrected chi connectivity index (χ4v) is 3.09. The van der Waals surface area contributed by atoms with Gasteiger partial charge in [-0.1, -0.05) is 37.8 Å². The highest BCUT2D eigenvalue weighted by atomic mass is 19.4. The highest BCUT2D eigenvalue weighted by Gasteiger charge is 2.30. The van der Waals surface area contributed by atoms with Crippen LogP contribution in [-0.4, -0.2) is 6.04 Å². The summed E-state index contributed by atoms with van der Waals surface area (Å²) in [5.41, 5.74) is 3.08. The van der Waals surface area contributed by atoms with Crippen molar-refractivity contribution in [3.8, 4) is 0 Å². The molecule has 0 amide bonds. The molecule has 0 spiro atoms. The maximum atomic E-state index is 12.5. The van der Waals surface area contributed by atoms with Crippen molar-refractivity contribution in [3.05, 3.63) is 35.4 Å². The zero-order valence-electron chi connectivity index (χ0n) is 12.1. The standard InChI is InChI=1S/C16H23F3N2/c17-16(18,19)14-8-5-13(6-9-14)11-15(21-20)10-7-12-3-1-2-4-12/h5-6,8-9,12,15,21H,1-4,7,10-11,20H2. The smallest absolute Gasteiger partial charge is 0.271 e. The monoisotopic (exact) mass is 300 g/mol.